The first-order valence-electron chi connectivity index (χ1n) is 12.8. The zero-order valence-electron chi connectivity index (χ0n) is 22.7. The first-order valence-corrected chi connectivity index (χ1v) is 12.8. The number of alkyl carbamates (subject to hydrolysis) is 1. The van der Waals surface area contributed by atoms with E-state index in [0.29, 0.717) is 23.5 Å². The molecule has 3 heterocycles. The number of ether oxygens (including phenoxy) is 1. The van der Waals surface area contributed by atoms with Gasteiger partial charge in [-0.15, -0.1) is 4.80 Å². The lowest BCUT2D eigenvalue weighted by Gasteiger charge is -2.30. The molecule has 0 radical (unpaired) electrons. The van der Waals surface area contributed by atoms with Crippen LogP contribution < -0.4 is 21.7 Å². The Hall–Kier alpha value is -4.29. The van der Waals surface area contributed by atoms with Gasteiger partial charge in [0.25, 0.3) is 5.91 Å². The van der Waals surface area contributed by atoms with Crippen LogP contribution in [0.5, 0.6) is 0 Å². The summed E-state index contributed by atoms with van der Waals surface area (Å²) in [6.45, 7) is 9.11. The maximum Gasteiger partial charge on any atom is 0.407 e. The van der Waals surface area contributed by atoms with Gasteiger partial charge >= 0.3 is 6.09 Å². The average molecular weight is 540 g/mol. The zero-order chi connectivity index (χ0) is 28.3. The Labute approximate surface area is 225 Å². The number of pyridine rings is 2. The van der Waals surface area contributed by atoms with Crippen molar-refractivity contribution in [2.24, 2.45) is 11.7 Å². The van der Waals surface area contributed by atoms with Crippen molar-refractivity contribution in [2.45, 2.75) is 71.6 Å². The largest absolute Gasteiger partial charge is 0.444 e. The summed E-state index contributed by atoms with van der Waals surface area (Å²) in [5.41, 5.74) is 6.53. The van der Waals surface area contributed by atoms with Gasteiger partial charge in [-0.3, -0.25) is 9.78 Å². The maximum atomic E-state index is 15.2. The number of anilines is 3. The highest BCUT2D eigenvalue weighted by Crippen LogP contribution is 2.37. The van der Waals surface area contributed by atoms with E-state index in [9.17, 15) is 9.59 Å². The van der Waals surface area contributed by atoms with E-state index in [1.54, 1.807) is 45.4 Å². The van der Waals surface area contributed by atoms with Crippen LogP contribution in [0.15, 0.2) is 30.7 Å². The van der Waals surface area contributed by atoms with E-state index >= 15 is 4.39 Å². The number of nitrogens with one attached hydrogen (secondary N) is 3. The fourth-order valence-electron chi connectivity index (χ4n) is 4.21. The van der Waals surface area contributed by atoms with Crippen LogP contribution >= 0.6 is 0 Å². The summed E-state index contributed by atoms with van der Waals surface area (Å²) in [6.07, 6.45) is 6.53. The van der Waals surface area contributed by atoms with Crippen LogP contribution in [0.4, 0.5) is 26.5 Å². The van der Waals surface area contributed by atoms with Gasteiger partial charge in [0.15, 0.2) is 11.6 Å². The van der Waals surface area contributed by atoms with Gasteiger partial charge in [-0.05, 0) is 65.0 Å². The second-order valence-electron chi connectivity index (χ2n) is 10.5. The molecule has 0 saturated heterocycles. The van der Waals surface area contributed by atoms with Crippen molar-refractivity contribution in [1.82, 2.24) is 30.3 Å². The highest BCUT2D eigenvalue weighted by molar-refractivity contribution is 5.98. The summed E-state index contributed by atoms with van der Waals surface area (Å²) in [6, 6.07) is 2.13. The minimum Gasteiger partial charge on any atom is -0.444 e. The number of hydrogen-bond acceptors (Lipinski definition) is 9. The van der Waals surface area contributed by atoms with E-state index in [4.69, 9.17) is 10.5 Å². The fourth-order valence-corrected chi connectivity index (χ4v) is 4.21. The van der Waals surface area contributed by atoms with Crippen LogP contribution in [0.1, 0.15) is 63.0 Å². The summed E-state index contributed by atoms with van der Waals surface area (Å²) in [5.74, 6) is -1.39. The smallest absolute Gasteiger partial charge is 0.407 e. The highest BCUT2D eigenvalue weighted by atomic mass is 19.1. The Kier molecular flexibility index (Phi) is 7.98. The van der Waals surface area contributed by atoms with Crippen LogP contribution in [0.3, 0.4) is 0 Å². The Morgan fingerprint density at radius 2 is 1.90 bits per heavy atom. The maximum absolute atomic E-state index is 15.2. The average Bonchev–Trinajstić information content (AvgIpc) is 3.55. The number of hydrogen-bond donors (Lipinski definition) is 4. The Morgan fingerprint density at radius 3 is 2.49 bits per heavy atom. The predicted molar refractivity (Wildman–Crippen MR) is 143 cm³/mol. The van der Waals surface area contributed by atoms with Crippen LogP contribution in [-0.2, 0) is 4.74 Å². The van der Waals surface area contributed by atoms with Gasteiger partial charge in [0, 0.05) is 0 Å². The molecule has 0 aromatic carbocycles. The first kappa shape index (κ1) is 27.7. The molecule has 5 N–H and O–H groups in total. The van der Waals surface area contributed by atoms with Crippen molar-refractivity contribution in [3.63, 3.8) is 0 Å². The van der Waals surface area contributed by atoms with Gasteiger partial charge in [0.1, 0.15) is 17.1 Å². The third-order valence-corrected chi connectivity index (χ3v) is 6.21. The van der Waals surface area contributed by atoms with Gasteiger partial charge in [0.2, 0.25) is 0 Å². The molecular weight excluding hydrogens is 505 g/mol. The van der Waals surface area contributed by atoms with Gasteiger partial charge < -0.3 is 26.4 Å². The molecule has 3 aromatic rings. The van der Waals surface area contributed by atoms with Crippen molar-refractivity contribution in [2.75, 3.05) is 10.6 Å². The SMILES string of the molecule is CC[C@H](NC(=O)OC(C)(C)C)[C@H](Nc1nc(Nc2cnc(C)c(-n3nccn3)c2)c(C(N)=O)cc1F)C1CC1. The number of aromatic nitrogens is 5. The quantitative estimate of drug-likeness (QED) is 0.300. The van der Waals surface area contributed by atoms with E-state index in [1.165, 1.54) is 4.80 Å². The van der Waals surface area contributed by atoms with E-state index in [-0.39, 0.29) is 35.2 Å². The van der Waals surface area contributed by atoms with Gasteiger partial charge in [-0.25, -0.2) is 14.2 Å². The lowest BCUT2D eigenvalue weighted by Crippen LogP contribution is -2.49. The topological polar surface area (TPSA) is 162 Å². The zero-order valence-corrected chi connectivity index (χ0v) is 22.7. The molecule has 4 rings (SSSR count). The molecule has 0 aliphatic heterocycles. The number of nitrogens with two attached hydrogens (primary N) is 1. The van der Waals surface area contributed by atoms with E-state index in [2.05, 4.69) is 36.1 Å². The van der Waals surface area contributed by atoms with Gasteiger partial charge in [0.05, 0.1) is 47.6 Å². The Balaban J connectivity index is 1.62. The fraction of sp³-hybridized carbons (Fsp3) is 0.462. The summed E-state index contributed by atoms with van der Waals surface area (Å²) >= 11 is 0. The van der Waals surface area contributed by atoms with Crippen molar-refractivity contribution in [3.8, 4) is 5.69 Å². The molecule has 2 atom stereocenters. The molecule has 0 unspecified atom stereocenters. The Morgan fingerprint density at radius 1 is 1.21 bits per heavy atom. The molecule has 0 spiro atoms. The van der Waals surface area contributed by atoms with Crippen LogP contribution in [0.2, 0.25) is 0 Å². The summed E-state index contributed by atoms with van der Waals surface area (Å²) in [4.78, 5) is 34.8. The first-order chi connectivity index (χ1) is 18.4. The third kappa shape index (κ3) is 6.98. The van der Waals surface area contributed by atoms with E-state index < -0.39 is 23.4 Å². The molecule has 39 heavy (non-hydrogen) atoms. The summed E-state index contributed by atoms with van der Waals surface area (Å²) in [7, 11) is 0. The molecule has 1 aliphatic carbocycles. The Bertz CT molecular complexity index is 1340. The number of rotatable bonds is 10. The molecule has 1 aliphatic rings. The normalized spacial score (nSPS) is 14.8. The molecular formula is C26H34FN9O3. The van der Waals surface area contributed by atoms with Crippen molar-refractivity contribution in [1.29, 1.82) is 0 Å². The monoisotopic (exact) mass is 539 g/mol. The third-order valence-electron chi connectivity index (χ3n) is 6.21. The number of carbonyl (C=O) groups is 2. The van der Waals surface area contributed by atoms with Crippen LogP contribution in [0, 0.1) is 18.7 Å². The highest BCUT2D eigenvalue weighted by Gasteiger charge is 2.38. The lowest BCUT2D eigenvalue weighted by molar-refractivity contribution is 0.0495. The van der Waals surface area contributed by atoms with E-state index in [0.717, 1.165) is 18.9 Å². The van der Waals surface area contributed by atoms with E-state index in [1.807, 2.05) is 13.8 Å². The lowest BCUT2D eigenvalue weighted by atomic mass is 10.0. The molecule has 1 saturated carbocycles. The summed E-state index contributed by atoms with van der Waals surface area (Å²) < 4.78 is 20.6. The minimum atomic E-state index is -0.846. The standard InChI is InChI=1S/C26H34FN9O3/c1-6-19(33-25(38)39-26(3,4)5)21(15-7-8-15)34-24-18(27)12-17(22(28)37)23(35-24)32-16-11-20(14(2)29-13-16)36-30-9-10-31-36/h9-13,15,19,21H,6-8H2,1-5H3,(H2,28,37)(H,33,38)(H2,32,34,35)/t19-,21+/m0/s1. The second-order valence-corrected chi connectivity index (χ2v) is 10.5. The molecule has 0 bridgehead atoms. The van der Waals surface area contributed by atoms with Crippen LogP contribution in [-0.4, -0.2) is 54.6 Å². The van der Waals surface area contributed by atoms with Crippen LogP contribution in [0.25, 0.3) is 5.69 Å². The van der Waals surface area contributed by atoms with Crippen molar-refractivity contribution in [3.05, 3.63) is 47.8 Å². The predicted octanol–water partition coefficient (Wildman–Crippen LogP) is 3.84. The number of primary amides is 1. The van der Waals surface area contributed by atoms with Gasteiger partial charge in [-0.2, -0.15) is 10.2 Å². The number of aryl methyl sites for hydroxylation is 1. The number of amides is 2. The minimum absolute atomic E-state index is 0.0547. The van der Waals surface area contributed by atoms with Gasteiger partial charge in [-0.1, -0.05) is 6.92 Å². The van der Waals surface area contributed by atoms with Crippen molar-refractivity contribution >= 4 is 29.3 Å². The number of carbonyl (C=O) groups excluding carboxylic acids is 2. The summed E-state index contributed by atoms with van der Waals surface area (Å²) in [5, 5.41) is 17.4. The molecule has 3 aromatic heterocycles. The molecule has 12 nitrogen and oxygen atoms in total. The molecule has 13 heteroatoms. The molecule has 1 fully saturated rings. The second kappa shape index (κ2) is 11.2. The number of halogens is 1. The molecule has 208 valence electrons. The number of nitrogens with zero attached hydrogens (tertiary/aromatic N) is 5. The molecule has 2 amide bonds. The van der Waals surface area contributed by atoms with Crippen molar-refractivity contribution < 1.29 is 18.7 Å².